The van der Waals surface area contributed by atoms with Gasteiger partial charge in [-0.1, -0.05) is 6.92 Å². The molecule has 1 saturated carbocycles. The summed E-state index contributed by atoms with van der Waals surface area (Å²) in [5.41, 5.74) is -0.539. The lowest BCUT2D eigenvalue weighted by atomic mass is 9.79. The average molecular weight is 258 g/mol. The van der Waals surface area contributed by atoms with Crippen LogP contribution in [-0.4, -0.2) is 17.3 Å². The van der Waals surface area contributed by atoms with Crippen LogP contribution in [0.25, 0.3) is 0 Å². The minimum absolute atomic E-state index is 0.409. The first-order valence-electron chi connectivity index (χ1n) is 6.25. The van der Waals surface area contributed by atoms with Crippen molar-refractivity contribution in [1.29, 1.82) is 0 Å². The van der Waals surface area contributed by atoms with Gasteiger partial charge in [-0.05, 0) is 55.3 Å². The van der Waals surface area contributed by atoms with E-state index in [-0.39, 0.29) is 0 Å². The normalized spacial score (nSPS) is 29.5. The van der Waals surface area contributed by atoms with Crippen LogP contribution < -0.4 is 5.32 Å². The summed E-state index contributed by atoms with van der Waals surface area (Å²) in [6.45, 7) is 3.49. The second-order valence-electron chi connectivity index (χ2n) is 5.22. The molecule has 3 nitrogen and oxygen atoms in total. The Bertz CT molecular complexity index is 356. The average Bonchev–Trinajstić information content (AvgIpc) is 2.69. The Kier molecular flexibility index (Phi) is 4.13. The molecule has 0 bridgehead atoms. The molecule has 0 atom stereocenters. The van der Waals surface area contributed by atoms with Crippen LogP contribution in [0.4, 0.5) is 0 Å². The summed E-state index contributed by atoms with van der Waals surface area (Å²) in [5.74, 6) is 1.56. The van der Waals surface area contributed by atoms with Crippen molar-refractivity contribution < 1.29 is 9.52 Å². The molecular formula is C13H20ClNO2. The van der Waals surface area contributed by atoms with Gasteiger partial charge in [-0.2, -0.15) is 0 Å². The minimum Gasteiger partial charge on any atom is -0.448 e. The van der Waals surface area contributed by atoms with E-state index in [4.69, 9.17) is 16.0 Å². The Morgan fingerprint density at radius 1 is 1.47 bits per heavy atom. The molecule has 0 spiro atoms. The highest BCUT2D eigenvalue weighted by Gasteiger charge is 2.31. The van der Waals surface area contributed by atoms with Gasteiger partial charge in [-0.25, -0.2) is 0 Å². The first-order valence-corrected chi connectivity index (χ1v) is 6.62. The van der Waals surface area contributed by atoms with Crippen LogP contribution in [0, 0.1) is 5.92 Å². The number of aliphatic hydroxyl groups is 1. The fraction of sp³-hybridized carbons (Fsp3) is 0.692. The van der Waals surface area contributed by atoms with Gasteiger partial charge in [0.1, 0.15) is 5.76 Å². The van der Waals surface area contributed by atoms with E-state index in [0.29, 0.717) is 18.3 Å². The summed E-state index contributed by atoms with van der Waals surface area (Å²) in [5, 5.41) is 14.0. The number of halogens is 1. The SMILES string of the molecule is CC1CCC(O)(CNCc2ccc(Cl)o2)CC1. The minimum atomic E-state index is -0.539. The summed E-state index contributed by atoms with van der Waals surface area (Å²) in [6, 6.07) is 3.58. The monoisotopic (exact) mass is 257 g/mol. The lowest BCUT2D eigenvalue weighted by molar-refractivity contribution is -0.00656. The van der Waals surface area contributed by atoms with Crippen LogP contribution in [0.2, 0.25) is 5.22 Å². The van der Waals surface area contributed by atoms with Crippen molar-refractivity contribution in [3.8, 4) is 0 Å². The fourth-order valence-electron chi connectivity index (χ4n) is 2.34. The van der Waals surface area contributed by atoms with Crippen molar-refractivity contribution in [1.82, 2.24) is 5.32 Å². The van der Waals surface area contributed by atoms with Gasteiger partial charge in [0, 0.05) is 6.54 Å². The van der Waals surface area contributed by atoms with Crippen molar-refractivity contribution in [3.05, 3.63) is 23.1 Å². The molecule has 0 radical (unpaired) electrons. The molecule has 0 aromatic carbocycles. The molecule has 1 aromatic rings. The van der Waals surface area contributed by atoms with E-state index >= 15 is 0 Å². The third-order valence-electron chi connectivity index (χ3n) is 3.59. The predicted octanol–water partition coefficient (Wildman–Crippen LogP) is 2.96. The van der Waals surface area contributed by atoms with Crippen LogP contribution in [0.1, 0.15) is 38.4 Å². The highest BCUT2D eigenvalue weighted by atomic mass is 35.5. The van der Waals surface area contributed by atoms with Crippen LogP contribution in [-0.2, 0) is 6.54 Å². The fourth-order valence-corrected chi connectivity index (χ4v) is 2.50. The Hall–Kier alpha value is -0.510. The van der Waals surface area contributed by atoms with Gasteiger partial charge in [-0.3, -0.25) is 0 Å². The first-order chi connectivity index (χ1) is 8.07. The molecule has 0 saturated heterocycles. The molecule has 2 N–H and O–H groups in total. The summed E-state index contributed by atoms with van der Waals surface area (Å²) < 4.78 is 5.24. The van der Waals surface area contributed by atoms with Crippen molar-refractivity contribution in [2.45, 2.75) is 44.8 Å². The Balaban J connectivity index is 1.74. The summed E-state index contributed by atoms with van der Waals surface area (Å²) in [6.07, 6.45) is 4.01. The van der Waals surface area contributed by atoms with Gasteiger partial charge >= 0.3 is 0 Å². The molecule has 1 aliphatic rings. The number of hydrogen-bond acceptors (Lipinski definition) is 3. The van der Waals surface area contributed by atoms with Crippen LogP contribution in [0.15, 0.2) is 16.5 Å². The first kappa shape index (κ1) is 12.9. The second-order valence-corrected chi connectivity index (χ2v) is 5.59. The maximum absolute atomic E-state index is 10.4. The van der Waals surface area contributed by atoms with Gasteiger partial charge in [0.15, 0.2) is 5.22 Å². The largest absolute Gasteiger partial charge is 0.448 e. The number of furan rings is 1. The molecule has 1 heterocycles. The third kappa shape index (κ3) is 3.73. The number of rotatable bonds is 4. The molecule has 0 aliphatic heterocycles. The van der Waals surface area contributed by atoms with Crippen molar-refractivity contribution in [3.63, 3.8) is 0 Å². The Morgan fingerprint density at radius 2 is 2.18 bits per heavy atom. The highest BCUT2D eigenvalue weighted by Crippen LogP contribution is 2.31. The van der Waals surface area contributed by atoms with E-state index < -0.39 is 5.60 Å². The summed E-state index contributed by atoms with van der Waals surface area (Å²) in [7, 11) is 0. The molecule has 1 aromatic heterocycles. The van der Waals surface area contributed by atoms with Gasteiger partial charge in [0.25, 0.3) is 0 Å². The van der Waals surface area contributed by atoms with E-state index in [2.05, 4.69) is 12.2 Å². The molecule has 96 valence electrons. The summed E-state index contributed by atoms with van der Waals surface area (Å²) in [4.78, 5) is 0. The third-order valence-corrected chi connectivity index (χ3v) is 3.79. The predicted molar refractivity (Wildman–Crippen MR) is 68.0 cm³/mol. The topological polar surface area (TPSA) is 45.4 Å². The molecule has 2 rings (SSSR count). The van der Waals surface area contributed by atoms with Gasteiger partial charge in [0.2, 0.25) is 0 Å². The highest BCUT2D eigenvalue weighted by molar-refractivity contribution is 6.28. The quantitative estimate of drug-likeness (QED) is 0.872. The molecule has 0 unspecified atom stereocenters. The zero-order chi connectivity index (χ0) is 12.3. The van der Waals surface area contributed by atoms with E-state index in [1.165, 1.54) is 0 Å². The van der Waals surface area contributed by atoms with E-state index in [1.54, 1.807) is 6.07 Å². The van der Waals surface area contributed by atoms with Crippen molar-refractivity contribution in [2.75, 3.05) is 6.54 Å². The second kappa shape index (κ2) is 5.42. The van der Waals surface area contributed by atoms with Crippen LogP contribution in [0.5, 0.6) is 0 Å². The molecule has 1 aliphatic carbocycles. The smallest absolute Gasteiger partial charge is 0.193 e. The Morgan fingerprint density at radius 3 is 2.76 bits per heavy atom. The lowest BCUT2D eigenvalue weighted by Crippen LogP contribution is -2.43. The van der Waals surface area contributed by atoms with Crippen molar-refractivity contribution >= 4 is 11.6 Å². The van der Waals surface area contributed by atoms with E-state index in [9.17, 15) is 5.11 Å². The zero-order valence-corrected chi connectivity index (χ0v) is 11.0. The Labute approximate surface area is 107 Å². The summed E-state index contributed by atoms with van der Waals surface area (Å²) >= 11 is 5.69. The molecule has 17 heavy (non-hydrogen) atoms. The van der Waals surface area contributed by atoms with Gasteiger partial charge in [-0.15, -0.1) is 0 Å². The molecule has 4 heteroatoms. The molecular weight excluding hydrogens is 238 g/mol. The van der Waals surface area contributed by atoms with Gasteiger partial charge in [0.05, 0.1) is 12.1 Å². The lowest BCUT2D eigenvalue weighted by Gasteiger charge is -2.35. The number of hydrogen-bond donors (Lipinski definition) is 2. The standard InChI is InChI=1S/C13H20ClNO2/c1-10-4-6-13(16,7-5-10)9-15-8-11-2-3-12(14)17-11/h2-3,10,15-16H,4-9H2,1H3. The van der Waals surface area contributed by atoms with E-state index in [0.717, 1.165) is 37.4 Å². The van der Waals surface area contributed by atoms with Crippen LogP contribution >= 0.6 is 11.6 Å². The van der Waals surface area contributed by atoms with Gasteiger partial charge < -0.3 is 14.8 Å². The number of nitrogens with one attached hydrogen (secondary N) is 1. The van der Waals surface area contributed by atoms with Crippen molar-refractivity contribution in [2.24, 2.45) is 5.92 Å². The zero-order valence-electron chi connectivity index (χ0n) is 10.2. The molecule has 1 fully saturated rings. The maximum Gasteiger partial charge on any atom is 0.193 e. The van der Waals surface area contributed by atoms with Crippen LogP contribution in [0.3, 0.4) is 0 Å². The molecule has 0 amide bonds. The van der Waals surface area contributed by atoms with E-state index in [1.807, 2.05) is 6.07 Å². The maximum atomic E-state index is 10.4.